The van der Waals surface area contributed by atoms with Crippen molar-refractivity contribution in [3.05, 3.63) is 0 Å². The van der Waals surface area contributed by atoms with Gasteiger partial charge in [-0.05, 0) is 18.3 Å². The summed E-state index contributed by atoms with van der Waals surface area (Å²) in [6.07, 6.45) is 6.10. The molecule has 1 unspecified atom stereocenters. The van der Waals surface area contributed by atoms with E-state index in [4.69, 9.17) is 5.73 Å². The number of quaternary nitrogens is 1. The first-order valence-electron chi connectivity index (χ1n) is 10.4. The van der Waals surface area contributed by atoms with Crippen LogP contribution in [0.15, 0.2) is 0 Å². The van der Waals surface area contributed by atoms with Crippen LogP contribution in [0.5, 0.6) is 0 Å². The summed E-state index contributed by atoms with van der Waals surface area (Å²) in [6, 6.07) is -0.867. The molecule has 1 aliphatic heterocycles. The molecule has 2 aliphatic rings. The smallest absolute Gasteiger partial charge is 0.326 e. The van der Waals surface area contributed by atoms with Gasteiger partial charge in [0.05, 0.1) is 25.4 Å². The average molecular weight is 397 g/mol. The van der Waals surface area contributed by atoms with Gasteiger partial charge in [-0.2, -0.15) is 4.48 Å². The molecule has 3 N–H and O–H groups in total. The van der Waals surface area contributed by atoms with Gasteiger partial charge in [0, 0.05) is 12.8 Å². The van der Waals surface area contributed by atoms with Crippen LogP contribution in [0.1, 0.15) is 65.2 Å². The number of likely N-dealkylation sites (tertiary alicyclic amines) is 1. The molecule has 0 radical (unpaired) electrons. The summed E-state index contributed by atoms with van der Waals surface area (Å²) in [6.45, 7) is 3.88. The molecule has 0 spiro atoms. The van der Waals surface area contributed by atoms with E-state index in [1.54, 1.807) is 0 Å². The monoisotopic (exact) mass is 396 g/mol. The molecule has 4 amide bonds. The van der Waals surface area contributed by atoms with E-state index in [0.717, 1.165) is 25.7 Å². The molecule has 1 saturated carbocycles. The first kappa shape index (κ1) is 22.5. The van der Waals surface area contributed by atoms with Crippen LogP contribution in [0.2, 0.25) is 0 Å². The van der Waals surface area contributed by atoms with Crippen molar-refractivity contribution in [2.24, 2.45) is 23.5 Å². The van der Waals surface area contributed by atoms with Gasteiger partial charge < -0.3 is 5.73 Å². The Morgan fingerprint density at radius 1 is 1.18 bits per heavy atom. The highest BCUT2D eigenvalue weighted by atomic mass is 16.5. The standard InChI is InChI=1S/C20H33N3O5/c1-14(2)10-18(25)23(9-5-8-17(23)19(21)26)20(27)16(12-22(28)13-24)11-15-6-3-4-7-15/h13-17,28H,3-12H2,1-2H3,(H-,21,26)/p+1/t16-,17+,23?/m1/s1. The number of imide groups is 1. The maximum absolute atomic E-state index is 13.7. The number of nitrogens with two attached hydrogens (primary N) is 1. The molecule has 28 heavy (non-hydrogen) atoms. The van der Waals surface area contributed by atoms with Crippen LogP contribution in [0, 0.1) is 17.8 Å². The second-order valence-corrected chi connectivity index (χ2v) is 8.79. The number of hydrogen-bond acceptors (Lipinski definition) is 5. The molecular formula is C20H34N3O5+. The van der Waals surface area contributed by atoms with Crippen LogP contribution in [0.4, 0.5) is 0 Å². The normalized spacial score (nSPS) is 26.4. The average Bonchev–Trinajstić information content (AvgIpc) is 3.29. The first-order chi connectivity index (χ1) is 13.2. The number of hydroxylamine groups is 2. The first-order valence-corrected chi connectivity index (χ1v) is 10.4. The van der Waals surface area contributed by atoms with Crippen molar-refractivity contribution < 1.29 is 28.9 Å². The summed E-state index contributed by atoms with van der Waals surface area (Å²) in [7, 11) is 0. The van der Waals surface area contributed by atoms with Crippen LogP contribution in [0.25, 0.3) is 0 Å². The van der Waals surface area contributed by atoms with E-state index in [1.807, 2.05) is 13.8 Å². The Kier molecular flexibility index (Phi) is 7.71. The third kappa shape index (κ3) is 4.78. The molecule has 0 aromatic rings. The lowest BCUT2D eigenvalue weighted by atomic mass is 9.90. The van der Waals surface area contributed by atoms with Crippen LogP contribution in [-0.4, -0.2) is 58.0 Å². The van der Waals surface area contributed by atoms with Crippen LogP contribution in [-0.2, 0) is 19.2 Å². The highest BCUT2D eigenvalue weighted by molar-refractivity contribution is 5.92. The van der Waals surface area contributed by atoms with Gasteiger partial charge in [0.25, 0.3) is 5.91 Å². The molecule has 0 aromatic carbocycles. The third-order valence-electron chi connectivity index (χ3n) is 6.24. The number of nitrogens with zero attached hydrogens (tertiary/aromatic N) is 2. The second kappa shape index (κ2) is 9.60. The van der Waals surface area contributed by atoms with E-state index in [-0.39, 0.29) is 43.7 Å². The molecule has 8 nitrogen and oxygen atoms in total. The number of primary amides is 1. The Morgan fingerprint density at radius 3 is 2.36 bits per heavy atom. The van der Waals surface area contributed by atoms with Gasteiger partial charge >= 0.3 is 11.8 Å². The minimum Gasteiger partial charge on any atom is -0.364 e. The molecular weight excluding hydrogens is 362 g/mol. The number of amides is 4. The fraction of sp³-hybridized carbons (Fsp3) is 0.800. The minimum absolute atomic E-state index is 0.0435. The minimum atomic E-state index is -0.867. The molecule has 2 rings (SSSR count). The van der Waals surface area contributed by atoms with Crippen molar-refractivity contribution in [2.45, 2.75) is 71.3 Å². The summed E-state index contributed by atoms with van der Waals surface area (Å²) in [5.74, 6) is -1.63. The fourth-order valence-electron chi connectivity index (χ4n) is 4.96. The Morgan fingerprint density at radius 2 is 1.82 bits per heavy atom. The number of hydrogen-bond donors (Lipinski definition) is 2. The lowest BCUT2D eigenvalue weighted by molar-refractivity contribution is -0.784. The van der Waals surface area contributed by atoms with E-state index < -0.39 is 22.3 Å². The lowest BCUT2D eigenvalue weighted by Gasteiger charge is -2.37. The zero-order valence-electron chi connectivity index (χ0n) is 17.0. The molecule has 3 atom stereocenters. The van der Waals surface area contributed by atoms with E-state index >= 15 is 0 Å². The van der Waals surface area contributed by atoms with Gasteiger partial charge in [-0.1, -0.05) is 39.5 Å². The zero-order chi connectivity index (χ0) is 20.9. The Bertz CT molecular complexity index is 603. The molecule has 0 aromatic heterocycles. The summed E-state index contributed by atoms with van der Waals surface area (Å²) in [5, 5.41) is 10.2. The molecule has 0 bridgehead atoms. The highest BCUT2D eigenvalue weighted by Crippen LogP contribution is 2.36. The van der Waals surface area contributed by atoms with Gasteiger partial charge in [0.15, 0.2) is 6.04 Å². The zero-order valence-corrected chi connectivity index (χ0v) is 17.0. The topological polar surface area (TPSA) is 118 Å². The molecule has 1 saturated heterocycles. The third-order valence-corrected chi connectivity index (χ3v) is 6.24. The SMILES string of the molecule is CC(C)CC(=O)[N+]1(C(=O)[C@H](CC2CCCC2)CN(O)C=O)CCC[C@H]1C(N)=O. The second-order valence-electron chi connectivity index (χ2n) is 8.79. The van der Waals surface area contributed by atoms with Crippen molar-refractivity contribution in [2.75, 3.05) is 13.1 Å². The maximum Gasteiger partial charge on any atom is 0.326 e. The number of carbonyl (C=O) groups excluding carboxylic acids is 4. The van der Waals surface area contributed by atoms with Gasteiger partial charge in [-0.3, -0.25) is 14.8 Å². The van der Waals surface area contributed by atoms with Gasteiger partial charge in [-0.15, -0.1) is 0 Å². The largest absolute Gasteiger partial charge is 0.364 e. The number of carbonyl (C=O) groups is 4. The van der Waals surface area contributed by atoms with Gasteiger partial charge in [0.1, 0.15) is 0 Å². The lowest BCUT2D eigenvalue weighted by Crippen LogP contribution is -2.66. The van der Waals surface area contributed by atoms with Crippen molar-refractivity contribution in [1.29, 1.82) is 0 Å². The van der Waals surface area contributed by atoms with E-state index in [2.05, 4.69) is 0 Å². The fourth-order valence-corrected chi connectivity index (χ4v) is 4.96. The summed E-state index contributed by atoms with van der Waals surface area (Å²) in [5.41, 5.74) is 5.60. The maximum atomic E-state index is 13.7. The van der Waals surface area contributed by atoms with Crippen LogP contribution >= 0.6 is 0 Å². The summed E-state index contributed by atoms with van der Waals surface area (Å²) >= 11 is 0. The molecule has 1 heterocycles. The summed E-state index contributed by atoms with van der Waals surface area (Å²) in [4.78, 5) is 50.1. The van der Waals surface area contributed by atoms with Crippen molar-refractivity contribution in [3.63, 3.8) is 0 Å². The van der Waals surface area contributed by atoms with E-state index in [0.29, 0.717) is 30.2 Å². The van der Waals surface area contributed by atoms with E-state index in [9.17, 15) is 24.4 Å². The Labute approximate surface area is 166 Å². The predicted octanol–water partition coefficient (Wildman–Crippen LogP) is 1.59. The van der Waals surface area contributed by atoms with Crippen molar-refractivity contribution >= 4 is 24.1 Å². The molecule has 1 aliphatic carbocycles. The summed E-state index contributed by atoms with van der Waals surface area (Å²) < 4.78 is -0.558. The molecule has 8 heteroatoms. The quantitative estimate of drug-likeness (QED) is 0.266. The van der Waals surface area contributed by atoms with Crippen LogP contribution in [0.3, 0.4) is 0 Å². The molecule has 2 fully saturated rings. The van der Waals surface area contributed by atoms with Crippen molar-refractivity contribution in [3.8, 4) is 0 Å². The Balaban J connectivity index is 2.38. The highest BCUT2D eigenvalue weighted by Gasteiger charge is 2.58. The van der Waals surface area contributed by atoms with Gasteiger partial charge in [0.2, 0.25) is 6.41 Å². The predicted molar refractivity (Wildman–Crippen MR) is 101 cm³/mol. The van der Waals surface area contributed by atoms with Crippen LogP contribution < -0.4 is 5.73 Å². The number of rotatable bonds is 9. The van der Waals surface area contributed by atoms with E-state index in [1.165, 1.54) is 0 Å². The Hall–Kier alpha value is -1.80. The van der Waals surface area contributed by atoms with Crippen molar-refractivity contribution in [1.82, 2.24) is 5.06 Å². The molecule has 158 valence electrons. The van der Waals surface area contributed by atoms with Gasteiger partial charge in [-0.25, -0.2) is 14.7 Å².